The fraction of sp³-hybridized carbons (Fsp3) is 0.600. The van der Waals surface area contributed by atoms with Crippen LogP contribution in [0.5, 0.6) is 0 Å². The van der Waals surface area contributed by atoms with E-state index in [-0.39, 0.29) is 0 Å². The molecule has 14 heavy (non-hydrogen) atoms. The van der Waals surface area contributed by atoms with Crippen LogP contribution in [0.15, 0.2) is 4.34 Å². The molecule has 1 heterocycles. The van der Waals surface area contributed by atoms with Crippen molar-refractivity contribution in [3.63, 3.8) is 0 Å². The van der Waals surface area contributed by atoms with Gasteiger partial charge in [-0.3, -0.25) is 4.79 Å². The van der Waals surface area contributed by atoms with Crippen molar-refractivity contribution in [2.24, 2.45) is 0 Å². The molecule has 0 bridgehead atoms. The smallest absolute Gasteiger partial charge is 0.174 e. The van der Waals surface area contributed by atoms with Crippen molar-refractivity contribution in [2.75, 3.05) is 18.8 Å². The molecule has 1 aromatic heterocycles. The molecule has 0 spiro atoms. The lowest BCUT2D eigenvalue weighted by Gasteiger charge is -2.20. The molecule has 0 N–H and O–H groups in total. The number of aromatic nitrogens is 1. The molecule has 0 fully saturated rings. The molecule has 0 amide bonds. The number of carbonyl (C=O) groups excluding carboxylic acids is 1. The Morgan fingerprint density at radius 1 is 1.29 bits per heavy atom. The van der Waals surface area contributed by atoms with Gasteiger partial charge in [0.2, 0.25) is 0 Å². The van der Waals surface area contributed by atoms with E-state index < -0.39 is 10.0 Å². The zero-order chi connectivity index (χ0) is 10.3. The molecular weight excluding hydrogens is 214 g/mol. The quantitative estimate of drug-likeness (QED) is 0.741. The van der Waals surface area contributed by atoms with Gasteiger partial charge in [0.15, 0.2) is 5.78 Å². The summed E-state index contributed by atoms with van der Waals surface area (Å²) in [7, 11) is -0.765. The van der Waals surface area contributed by atoms with E-state index in [0.717, 1.165) is 23.4 Å². The lowest BCUT2D eigenvalue weighted by molar-refractivity contribution is 0.0976. The summed E-state index contributed by atoms with van der Waals surface area (Å²) in [5, 5.41) is 0. The number of fused-ring (bicyclic) bond motifs is 1. The van der Waals surface area contributed by atoms with Crippen molar-refractivity contribution < 1.29 is 4.79 Å². The van der Waals surface area contributed by atoms with Crippen LogP contribution in [0.25, 0.3) is 0 Å². The number of carbonyl (C=O) groups is 1. The molecule has 1 aliphatic rings. The Balaban J connectivity index is 2.45. The van der Waals surface area contributed by atoms with Gasteiger partial charge in [-0.1, -0.05) is 0 Å². The van der Waals surface area contributed by atoms with Gasteiger partial charge in [-0.25, -0.2) is 4.98 Å². The third-order valence-corrected chi connectivity index (χ3v) is 6.09. The maximum atomic E-state index is 11.6. The molecule has 0 radical (unpaired) electrons. The minimum atomic E-state index is -0.765. The van der Waals surface area contributed by atoms with Crippen LogP contribution in [0.2, 0.25) is 0 Å². The number of nitrogens with zero attached hydrogens (tertiary/aromatic N) is 1. The van der Waals surface area contributed by atoms with E-state index >= 15 is 0 Å². The van der Waals surface area contributed by atoms with Crippen LogP contribution in [0.4, 0.5) is 0 Å². The minimum Gasteiger partial charge on any atom is -0.293 e. The monoisotopic (exact) mass is 229 g/mol. The highest BCUT2D eigenvalue weighted by Crippen LogP contribution is 2.48. The van der Waals surface area contributed by atoms with Gasteiger partial charge in [-0.05, 0) is 31.6 Å². The Morgan fingerprint density at radius 2 is 2.00 bits per heavy atom. The molecule has 0 atom stereocenters. The topological polar surface area (TPSA) is 30.0 Å². The second kappa shape index (κ2) is 3.35. The van der Waals surface area contributed by atoms with Gasteiger partial charge in [0, 0.05) is 6.42 Å². The first-order valence-electron chi connectivity index (χ1n) is 4.70. The molecule has 2 nitrogen and oxygen atoms in total. The molecule has 0 aliphatic heterocycles. The second-order valence-corrected chi connectivity index (χ2v) is 9.69. The van der Waals surface area contributed by atoms with E-state index in [9.17, 15) is 4.79 Å². The van der Waals surface area contributed by atoms with Crippen molar-refractivity contribution in [3.05, 3.63) is 10.6 Å². The van der Waals surface area contributed by atoms with Crippen LogP contribution in [0.1, 0.15) is 28.2 Å². The van der Waals surface area contributed by atoms with E-state index in [4.69, 9.17) is 0 Å². The third kappa shape index (κ3) is 1.73. The molecule has 0 unspecified atom stereocenters. The lowest BCUT2D eigenvalue weighted by Crippen LogP contribution is -2.07. The van der Waals surface area contributed by atoms with Gasteiger partial charge in [0.1, 0.15) is 4.34 Å². The third-order valence-electron chi connectivity index (χ3n) is 2.27. The molecule has 0 saturated carbocycles. The highest BCUT2D eigenvalue weighted by molar-refractivity contribution is 8.33. The van der Waals surface area contributed by atoms with Crippen molar-refractivity contribution in [2.45, 2.75) is 23.6 Å². The van der Waals surface area contributed by atoms with Crippen molar-refractivity contribution in [1.82, 2.24) is 4.98 Å². The number of Topliss-reactive ketones (excluding diaryl/α,β-unsaturated/α-hetero) is 1. The molecule has 4 heteroatoms. The number of hydrogen-bond acceptors (Lipinski definition) is 3. The Labute approximate surface area is 90.1 Å². The number of thiazole rings is 1. The molecule has 1 aromatic rings. The average Bonchev–Trinajstić information content (AvgIpc) is 2.48. The number of ketones is 1. The van der Waals surface area contributed by atoms with Gasteiger partial charge in [0.05, 0.1) is 10.6 Å². The maximum Gasteiger partial charge on any atom is 0.174 e. The molecular formula is C10H15NOS2. The summed E-state index contributed by atoms with van der Waals surface area (Å²) >= 11 is 1.63. The van der Waals surface area contributed by atoms with Gasteiger partial charge in [-0.15, -0.1) is 11.3 Å². The van der Waals surface area contributed by atoms with Crippen molar-refractivity contribution in [3.8, 4) is 0 Å². The van der Waals surface area contributed by atoms with Crippen LogP contribution >= 0.6 is 21.4 Å². The minimum absolute atomic E-state index is 0.304. The number of aryl methyl sites for hydroxylation is 1. The Hall–Kier alpha value is -0.350. The molecule has 1 aliphatic carbocycles. The summed E-state index contributed by atoms with van der Waals surface area (Å²) in [6.07, 6.45) is 9.36. The number of hydrogen-bond donors (Lipinski definition) is 0. The van der Waals surface area contributed by atoms with Gasteiger partial charge in [0.25, 0.3) is 0 Å². The summed E-state index contributed by atoms with van der Waals surface area (Å²) in [6, 6.07) is 0. The van der Waals surface area contributed by atoms with E-state index in [1.54, 1.807) is 11.3 Å². The highest BCUT2D eigenvalue weighted by Gasteiger charge is 2.24. The fourth-order valence-corrected chi connectivity index (χ4v) is 3.96. The Bertz CT molecular complexity index is 376. The van der Waals surface area contributed by atoms with Crippen LogP contribution in [0, 0.1) is 0 Å². The zero-order valence-corrected chi connectivity index (χ0v) is 10.4. The first-order chi connectivity index (χ1) is 6.48. The van der Waals surface area contributed by atoms with E-state index in [0.29, 0.717) is 12.2 Å². The van der Waals surface area contributed by atoms with Gasteiger partial charge >= 0.3 is 0 Å². The summed E-state index contributed by atoms with van der Waals surface area (Å²) in [5.74, 6) is 0.304. The average molecular weight is 229 g/mol. The molecule has 2 rings (SSSR count). The summed E-state index contributed by atoms with van der Waals surface area (Å²) in [6.45, 7) is 0. The predicted octanol–water partition coefficient (Wildman–Crippen LogP) is 2.72. The summed E-state index contributed by atoms with van der Waals surface area (Å²) in [4.78, 5) is 17.2. The SMILES string of the molecule is CS(C)(C)c1nc2c(s1)C(=O)CCC2. The first-order valence-corrected chi connectivity index (χ1v) is 8.37. The van der Waals surface area contributed by atoms with E-state index in [1.807, 2.05) is 0 Å². The highest BCUT2D eigenvalue weighted by atomic mass is 32.3. The summed E-state index contributed by atoms with van der Waals surface area (Å²) < 4.78 is 1.18. The van der Waals surface area contributed by atoms with Crippen LogP contribution in [-0.2, 0) is 6.42 Å². The largest absolute Gasteiger partial charge is 0.293 e. The summed E-state index contributed by atoms with van der Waals surface area (Å²) in [5.41, 5.74) is 1.06. The van der Waals surface area contributed by atoms with Gasteiger partial charge < -0.3 is 0 Å². The Kier molecular flexibility index (Phi) is 2.43. The maximum absolute atomic E-state index is 11.6. The van der Waals surface area contributed by atoms with Gasteiger partial charge in [-0.2, -0.15) is 10.0 Å². The molecule has 0 saturated heterocycles. The van der Waals surface area contributed by atoms with Crippen LogP contribution in [-0.4, -0.2) is 29.5 Å². The van der Waals surface area contributed by atoms with E-state index in [1.165, 1.54) is 4.34 Å². The Morgan fingerprint density at radius 3 is 2.57 bits per heavy atom. The standard InChI is InChI=1S/C10H15NOS2/c1-14(2,3)10-11-7-5-4-6-8(12)9(7)13-10/h4-6H2,1-3H3. The molecule has 78 valence electrons. The van der Waals surface area contributed by atoms with Crippen LogP contribution in [0.3, 0.4) is 0 Å². The lowest BCUT2D eigenvalue weighted by atomic mass is 10.0. The second-order valence-electron chi connectivity index (χ2n) is 4.37. The normalized spacial score (nSPS) is 18.1. The predicted molar refractivity (Wildman–Crippen MR) is 63.0 cm³/mol. The fourth-order valence-electron chi connectivity index (χ4n) is 1.51. The zero-order valence-electron chi connectivity index (χ0n) is 8.79. The van der Waals surface area contributed by atoms with Crippen molar-refractivity contribution in [1.29, 1.82) is 0 Å². The first kappa shape index (κ1) is 10.2. The van der Waals surface area contributed by atoms with Crippen molar-refractivity contribution >= 4 is 27.1 Å². The molecule has 0 aromatic carbocycles. The van der Waals surface area contributed by atoms with E-state index in [2.05, 4.69) is 23.8 Å². The van der Waals surface area contributed by atoms with Crippen LogP contribution < -0.4 is 0 Å². The number of rotatable bonds is 1.